The lowest BCUT2D eigenvalue weighted by Crippen LogP contribution is -2.41. The van der Waals surface area contributed by atoms with E-state index in [0.29, 0.717) is 30.1 Å². The molecule has 1 aromatic carbocycles. The Labute approximate surface area is 162 Å². The number of benzene rings is 1. The van der Waals surface area contributed by atoms with Crippen molar-refractivity contribution < 1.29 is 17.9 Å². The molecule has 1 aromatic rings. The predicted molar refractivity (Wildman–Crippen MR) is 104 cm³/mol. The van der Waals surface area contributed by atoms with Crippen LogP contribution in [0.2, 0.25) is 0 Å². The van der Waals surface area contributed by atoms with Crippen LogP contribution in [0.1, 0.15) is 32.3 Å². The zero-order valence-corrected chi connectivity index (χ0v) is 16.7. The number of hydrogen-bond donors (Lipinski definition) is 0. The predicted octanol–water partition coefficient (Wildman–Crippen LogP) is 2.21. The zero-order chi connectivity index (χ0) is 19.8. The lowest BCUT2D eigenvalue weighted by Gasteiger charge is -2.20. The number of aliphatic imine (C=N–C) groups is 2. The molecule has 0 saturated carbocycles. The van der Waals surface area contributed by atoms with Crippen molar-refractivity contribution >= 4 is 42.9 Å². The molecule has 1 amide bonds. The van der Waals surface area contributed by atoms with E-state index in [4.69, 9.17) is 15.4 Å². The number of ether oxygens (including phenoxy) is 1. The Morgan fingerprint density at radius 3 is 2.63 bits per heavy atom. The second kappa shape index (κ2) is 7.40. The summed E-state index contributed by atoms with van der Waals surface area (Å²) < 4.78 is 29.0. The number of likely N-dealkylation sites (N-methyl/N-ethyl adjacent to an activating group) is 1. The molecule has 0 saturated heterocycles. The molecule has 0 spiro atoms. The Balaban J connectivity index is 2.13. The van der Waals surface area contributed by atoms with E-state index in [9.17, 15) is 13.2 Å². The normalized spacial score (nSPS) is 19.4. The number of halogens is 1. The first kappa shape index (κ1) is 19.5. The lowest BCUT2D eigenvalue weighted by atomic mass is 10.0. The summed E-state index contributed by atoms with van der Waals surface area (Å²) in [6.07, 6.45) is 1.53. The molecule has 10 heteroatoms. The van der Waals surface area contributed by atoms with Crippen LogP contribution in [0.25, 0.3) is 0 Å². The largest absolute Gasteiger partial charge is 0.493 e. The Morgan fingerprint density at radius 2 is 2.00 bits per heavy atom. The number of carbonyl (C=O) groups excluding carboxylic acids is 1. The van der Waals surface area contributed by atoms with Gasteiger partial charge in [-0.1, -0.05) is 13.3 Å². The first-order chi connectivity index (χ1) is 12.8. The van der Waals surface area contributed by atoms with Crippen LogP contribution in [0.5, 0.6) is 5.75 Å². The number of hydrogen-bond acceptors (Lipinski definition) is 7. The molecule has 0 N–H and O–H groups in total. The summed E-state index contributed by atoms with van der Waals surface area (Å²) in [4.78, 5) is 21.1. The molecule has 0 bridgehead atoms. The fourth-order valence-electron chi connectivity index (χ4n) is 2.99. The van der Waals surface area contributed by atoms with Gasteiger partial charge in [0.2, 0.25) is 0 Å². The molecule has 3 rings (SSSR count). The minimum atomic E-state index is -3.96. The average molecular weight is 411 g/mol. The number of nitrogens with zero attached hydrogens (tertiary/aromatic N) is 4. The molecule has 8 nitrogen and oxygen atoms in total. The molecule has 144 valence electrons. The van der Waals surface area contributed by atoms with Gasteiger partial charge in [0.05, 0.1) is 22.8 Å². The summed E-state index contributed by atoms with van der Waals surface area (Å²) in [7, 11) is 3.21. The van der Waals surface area contributed by atoms with Gasteiger partial charge < -0.3 is 4.74 Å². The van der Waals surface area contributed by atoms with Gasteiger partial charge in [-0.2, -0.15) is 10.1 Å². The number of hydrazone groups is 1. The summed E-state index contributed by atoms with van der Waals surface area (Å²) in [5.74, 6) is 0.0566. The van der Waals surface area contributed by atoms with Crippen LogP contribution in [-0.4, -0.2) is 56.3 Å². The van der Waals surface area contributed by atoms with Gasteiger partial charge in [-0.15, -0.1) is 0 Å². The first-order valence-corrected chi connectivity index (χ1v) is 10.8. The Bertz CT molecular complexity index is 985. The second-order valence-electron chi connectivity index (χ2n) is 6.07. The first-order valence-electron chi connectivity index (χ1n) is 8.50. The third-order valence-corrected chi connectivity index (χ3v) is 5.49. The maximum Gasteiger partial charge on any atom is 0.278 e. The van der Waals surface area contributed by atoms with Crippen LogP contribution < -0.4 is 4.74 Å². The average Bonchev–Trinajstić information content (AvgIpc) is 2.91. The van der Waals surface area contributed by atoms with Crippen LogP contribution in [0, 0.1) is 0 Å². The number of carbonyl (C=O) groups is 1. The molecule has 2 heterocycles. The standard InChI is InChI=1S/C17H19ClN4O4S/c1-4-6-12-14-15(22(3)21-12)17(23)20-16(19-14)11-9-10(27(18,24)25)7-8-13(11)26-5-2/h7-9,15H,4-6H2,1-3H3. The van der Waals surface area contributed by atoms with Gasteiger partial charge in [0, 0.05) is 17.7 Å². The monoisotopic (exact) mass is 410 g/mol. The third kappa shape index (κ3) is 3.74. The van der Waals surface area contributed by atoms with E-state index in [1.165, 1.54) is 18.2 Å². The van der Waals surface area contributed by atoms with Crippen LogP contribution >= 0.6 is 10.7 Å². The lowest BCUT2D eigenvalue weighted by molar-refractivity contribution is -0.120. The number of amidine groups is 1. The molecule has 0 fully saturated rings. The van der Waals surface area contributed by atoms with E-state index in [0.717, 1.165) is 12.1 Å². The van der Waals surface area contributed by atoms with Crippen molar-refractivity contribution in [1.82, 2.24) is 5.01 Å². The van der Waals surface area contributed by atoms with Crippen molar-refractivity contribution in [2.75, 3.05) is 13.7 Å². The number of fused-ring (bicyclic) bond motifs is 1. The summed E-state index contributed by atoms with van der Waals surface area (Å²) >= 11 is 0. The molecule has 0 aromatic heterocycles. The molecule has 1 unspecified atom stereocenters. The van der Waals surface area contributed by atoms with Crippen molar-refractivity contribution in [3.05, 3.63) is 23.8 Å². The van der Waals surface area contributed by atoms with E-state index < -0.39 is 21.0 Å². The van der Waals surface area contributed by atoms with E-state index in [1.54, 1.807) is 19.0 Å². The van der Waals surface area contributed by atoms with Crippen molar-refractivity contribution in [1.29, 1.82) is 0 Å². The SMILES string of the molecule is CCCC1=NN(C)C2C(=O)N=C(c3cc(S(=O)(=O)Cl)ccc3OCC)N=C12. The molecule has 2 aliphatic rings. The molecular weight excluding hydrogens is 392 g/mol. The fraction of sp³-hybridized carbons (Fsp3) is 0.412. The molecule has 2 aliphatic heterocycles. The highest BCUT2D eigenvalue weighted by Gasteiger charge is 2.40. The Kier molecular flexibility index (Phi) is 5.34. The van der Waals surface area contributed by atoms with E-state index >= 15 is 0 Å². The summed E-state index contributed by atoms with van der Waals surface area (Å²) in [5.41, 5.74) is 1.56. The van der Waals surface area contributed by atoms with Crippen molar-refractivity contribution in [2.24, 2.45) is 15.1 Å². The van der Waals surface area contributed by atoms with E-state index in [1.807, 2.05) is 6.92 Å². The van der Waals surface area contributed by atoms with Gasteiger partial charge in [-0.25, -0.2) is 13.4 Å². The summed E-state index contributed by atoms with van der Waals surface area (Å²) in [6, 6.07) is 3.49. The molecule has 27 heavy (non-hydrogen) atoms. The zero-order valence-electron chi connectivity index (χ0n) is 15.1. The molecular formula is C17H19ClN4O4S. The van der Waals surface area contributed by atoms with Crippen LogP contribution in [-0.2, 0) is 13.8 Å². The minimum absolute atomic E-state index is 0.0935. The highest BCUT2D eigenvalue weighted by Crippen LogP contribution is 2.28. The Hall–Kier alpha value is -2.26. The van der Waals surface area contributed by atoms with Gasteiger partial charge in [0.15, 0.2) is 11.9 Å². The second-order valence-corrected chi connectivity index (χ2v) is 8.64. The van der Waals surface area contributed by atoms with E-state index in [-0.39, 0.29) is 10.7 Å². The fourth-order valence-corrected chi connectivity index (χ4v) is 3.77. The summed E-state index contributed by atoms with van der Waals surface area (Å²) in [5, 5.41) is 5.94. The van der Waals surface area contributed by atoms with E-state index in [2.05, 4.69) is 15.1 Å². The maximum atomic E-state index is 12.6. The van der Waals surface area contributed by atoms with Gasteiger partial charge in [0.25, 0.3) is 15.0 Å². The smallest absolute Gasteiger partial charge is 0.278 e. The van der Waals surface area contributed by atoms with Gasteiger partial charge in [-0.05, 0) is 31.5 Å². The summed E-state index contributed by atoms with van der Waals surface area (Å²) in [6.45, 7) is 4.16. The van der Waals surface area contributed by atoms with Gasteiger partial charge in [-0.3, -0.25) is 9.80 Å². The van der Waals surface area contributed by atoms with Crippen LogP contribution in [0.3, 0.4) is 0 Å². The number of rotatable bonds is 6. The van der Waals surface area contributed by atoms with Gasteiger partial charge >= 0.3 is 0 Å². The third-order valence-electron chi connectivity index (χ3n) is 4.14. The highest BCUT2D eigenvalue weighted by atomic mass is 35.7. The van der Waals surface area contributed by atoms with Crippen LogP contribution in [0.4, 0.5) is 0 Å². The minimum Gasteiger partial charge on any atom is -0.493 e. The van der Waals surface area contributed by atoms with Gasteiger partial charge in [0.1, 0.15) is 11.5 Å². The molecule has 0 radical (unpaired) electrons. The maximum absolute atomic E-state index is 12.6. The van der Waals surface area contributed by atoms with Crippen molar-refractivity contribution in [3.8, 4) is 5.75 Å². The van der Waals surface area contributed by atoms with Crippen LogP contribution in [0.15, 0.2) is 38.2 Å². The Morgan fingerprint density at radius 1 is 1.26 bits per heavy atom. The quantitative estimate of drug-likeness (QED) is 0.669. The highest BCUT2D eigenvalue weighted by molar-refractivity contribution is 8.13. The number of amides is 1. The topological polar surface area (TPSA) is 101 Å². The van der Waals surface area contributed by atoms with Crippen molar-refractivity contribution in [2.45, 2.75) is 37.6 Å². The molecule has 0 aliphatic carbocycles. The molecule has 1 atom stereocenters. The van der Waals surface area contributed by atoms with Crippen molar-refractivity contribution in [3.63, 3.8) is 0 Å².